The van der Waals surface area contributed by atoms with Crippen molar-refractivity contribution >= 4 is 28.7 Å². The zero-order chi connectivity index (χ0) is 17.6. The van der Waals surface area contributed by atoms with Crippen molar-refractivity contribution in [1.29, 1.82) is 0 Å². The van der Waals surface area contributed by atoms with Crippen LogP contribution in [0.25, 0.3) is 0 Å². The van der Waals surface area contributed by atoms with E-state index in [1.54, 1.807) is 24.5 Å². The first-order valence-electron chi connectivity index (χ1n) is 8.09. The predicted molar refractivity (Wildman–Crippen MR) is 99.6 cm³/mol. The van der Waals surface area contributed by atoms with Crippen LogP contribution in [-0.4, -0.2) is 15.8 Å². The highest BCUT2D eigenvalue weighted by Crippen LogP contribution is 2.23. The Morgan fingerprint density at radius 3 is 2.76 bits per heavy atom. The molecule has 1 aromatic carbocycles. The Kier molecular flexibility index (Phi) is 5.50. The van der Waals surface area contributed by atoms with Gasteiger partial charge in [-0.2, -0.15) is 0 Å². The Labute approximate surface area is 151 Å². The molecule has 0 radical (unpaired) electrons. The van der Waals surface area contributed by atoms with Crippen molar-refractivity contribution in [3.8, 4) is 0 Å². The van der Waals surface area contributed by atoms with Gasteiger partial charge in [-0.15, -0.1) is 0 Å². The summed E-state index contributed by atoms with van der Waals surface area (Å²) >= 11 is 5.42. The van der Waals surface area contributed by atoms with Gasteiger partial charge in [-0.3, -0.25) is 9.78 Å². The Hall–Kier alpha value is -2.60. The van der Waals surface area contributed by atoms with Gasteiger partial charge in [-0.05, 0) is 48.7 Å². The van der Waals surface area contributed by atoms with Crippen LogP contribution >= 0.6 is 12.2 Å². The van der Waals surface area contributed by atoms with Gasteiger partial charge in [0.25, 0.3) is 0 Å². The standard InChI is InChI=1S/C19H18FN3OS/c20-14-3-1-4-15(11-14)23-19(25)18-16(5-2-6-17(18)24)22-12-13-7-9-21-10-8-13/h1,3-4,7-11,22H,2,5-6,12H2,(H,23,25). The molecule has 0 bridgehead atoms. The summed E-state index contributed by atoms with van der Waals surface area (Å²) in [5.41, 5.74) is 2.94. The summed E-state index contributed by atoms with van der Waals surface area (Å²) in [5, 5.41) is 6.30. The van der Waals surface area contributed by atoms with Gasteiger partial charge >= 0.3 is 0 Å². The molecule has 0 saturated heterocycles. The molecule has 2 N–H and O–H groups in total. The number of anilines is 1. The monoisotopic (exact) mass is 355 g/mol. The van der Waals surface area contributed by atoms with Crippen molar-refractivity contribution in [1.82, 2.24) is 10.3 Å². The first-order valence-corrected chi connectivity index (χ1v) is 8.50. The molecule has 1 aromatic heterocycles. The number of rotatable bonds is 5. The van der Waals surface area contributed by atoms with E-state index < -0.39 is 0 Å². The summed E-state index contributed by atoms with van der Waals surface area (Å²) in [6.07, 6.45) is 5.49. The summed E-state index contributed by atoms with van der Waals surface area (Å²) in [5.74, 6) is -0.342. The van der Waals surface area contributed by atoms with E-state index in [4.69, 9.17) is 12.2 Å². The summed E-state index contributed by atoms with van der Waals surface area (Å²) in [4.78, 5) is 16.7. The van der Waals surface area contributed by atoms with Crippen LogP contribution in [0.5, 0.6) is 0 Å². The molecular weight excluding hydrogens is 337 g/mol. The summed E-state index contributed by atoms with van der Waals surface area (Å²) in [6.45, 7) is 0.594. The average Bonchev–Trinajstić information content (AvgIpc) is 2.61. The largest absolute Gasteiger partial charge is 0.384 e. The van der Waals surface area contributed by atoms with E-state index in [0.29, 0.717) is 29.2 Å². The Morgan fingerprint density at radius 2 is 2.00 bits per heavy atom. The number of hydrogen-bond donors (Lipinski definition) is 2. The highest BCUT2D eigenvalue weighted by atomic mass is 32.1. The molecule has 1 heterocycles. The highest BCUT2D eigenvalue weighted by molar-refractivity contribution is 7.81. The maximum absolute atomic E-state index is 13.3. The Bertz CT molecular complexity index is 820. The average molecular weight is 355 g/mol. The van der Waals surface area contributed by atoms with Gasteiger partial charge in [0.05, 0.1) is 5.57 Å². The maximum atomic E-state index is 13.3. The van der Waals surface area contributed by atoms with Crippen LogP contribution in [0.4, 0.5) is 10.1 Å². The molecule has 6 heteroatoms. The number of halogens is 1. The molecule has 3 rings (SSSR count). The molecule has 1 aliphatic carbocycles. The molecule has 0 atom stereocenters. The quantitative estimate of drug-likeness (QED) is 0.800. The number of hydrogen-bond acceptors (Lipinski definition) is 4. The second-order valence-corrected chi connectivity index (χ2v) is 6.21. The second-order valence-electron chi connectivity index (χ2n) is 5.80. The fourth-order valence-corrected chi connectivity index (χ4v) is 3.11. The fourth-order valence-electron chi connectivity index (χ4n) is 2.75. The van der Waals surface area contributed by atoms with E-state index >= 15 is 0 Å². The maximum Gasteiger partial charge on any atom is 0.167 e. The number of nitrogens with zero attached hydrogens (tertiary/aromatic N) is 1. The smallest absolute Gasteiger partial charge is 0.167 e. The minimum absolute atomic E-state index is 0.0115. The van der Waals surface area contributed by atoms with Gasteiger partial charge in [0, 0.05) is 36.7 Å². The Balaban J connectivity index is 1.79. The van der Waals surface area contributed by atoms with Gasteiger partial charge in [0.1, 0.15) is 10.8 Å². The van der Waals surface area contributed by atoms with Crippen LogP contribution in [0.3, 0.4) is 0 Å². The van der Waals surface area contributed by atoms with Gasteiger partial charge < -0.3 is 10.6 Å². The first-order chi connectivity index (χ1) is 12.1. The van der Waals surface area contributed by atoms with Crippen LogP contribution in [-0.2, 0) is 11.3 Å². The normalized spacial score (nSPS) is 14.4. The number of aromatic nitrogens is 1. The van der Waals surface area contributed by atoms with Crippen LogP contribution in [0.15, 0.2) is 60.1 Å². The molecule has 4 nitrogen and oxygen atoms in total. The number of thiocarbonyl (C=S) groups is 1. The lowest BCUT2D eigenvalue weighted by atomic mass is 9.94. The second kappa shape index (κ2) is 7.98. The lowest BCUT2D eigenvalue weighted by molar-refractivity contribution is -0.115. The molecule has 0 fully saturated rings. The van der Waals surface area contributed by atoms with Crippen molar-refractivity contribution in [2.24, 2.45) is 0 Å². The Morgan fingerprint density at radius 1 is 1.20 bits per heavy atom. The third-order valence-electron chi connectivity index (χ3n) is 3.98. The summed E-state index contributed by atoms with van der Waals surface area (Å²) in [7, 11) is 0. The van der Waals surface area contributed by atoms with Gasteiger partial charge in [-0.25, -0.2) is 4.39 Å². The topological polar surface area (TPSA) is 54.0 Å². The van der Waals surface area contributed by atoms with Crippen molar-refractivity contribution in [2.75, 3.05) is 5.32 Å². The van der Waals surface area contributed by atoms with Crippen LogP contribution in [0.2, 0.25) is 0 Å². The fraction of sp³-hybridized carbons (Fsp3) is 0.211. The zero-order valence-electron chi connectivity index (χ0n) is 13.6. The predicted octanol–water partition coefficient (Wildman–Crippen LogP) is 3.76. The number of Topliss-reactive ketones (excluding diaryl/α,β-unsaturated/α-hetero) is 1. The van der Waals surface area contributed by atoms with E-state index in [1.165, 1.54) is 12.1 Å². The molecule has 0 aliphatic heterocycles. The zero-order valence-corrected chi connectivity index (χ0v) is 14.4. The first kappa shape index (κ1) is 17.2. The molecule has 0 saturated carbocycles. The number of nitrogens with one attached hydrogen (secondary N) is 2. The molecule has 128 valence electrons. The van der Waals surface area contributed by atoms with Crippen molar-refractivity contribution in [3.05, 3.63) is 71.4 Å². The minimum atomic E-state index is -0.354. The SMILES string of the molecule is O=C1CCCC(NCc2ccncc2)=C1C(=S)Nc1cccc(F)c1. The number of ketones is 1. The molecule has 0 spiro atoms. The highest BCUT2D eigenvalue weighted by Gasteiger charge is 2.24. The molecule has 1 aliphatic rings. The van der Waals surface area contributed by atoms with Crippen molar-refractivity contribution < 1.29 is 9.18 Å². The van der Waals surface area contributed by atoms with E-state index in [0.717, 1.165) is 24.1 Å². The van der Waals surface area contributed by atoms with Gasteiger partial charge in [0.15, 0.2) is 5.78 Å². The molecule has 25 heavy (non-hydrogen) atoms. The van der Waals surface area contributed by atoms with Crippen molar-refractivity contribution in [2.45, 2.75) is 25.8 Å². The van der Waals surface area contributed by atoms with E-state index in [9.17, 15) is 9.18 Å². The molecular formula is C19H18FN3OS. The van der Waals surface area contributed by atoms with Crippen LogP contribution in [0, 0.1) is 5.82 Å². The minimum Gasteiger partial charge on any atom is -0.384 e. The van der Waals surface area contributed by atoms with Gasteiger partial charge in [0.2, 0.25) is 0 Å². The molecule has 2 aromatic rings. The summed E-state index contributed by atoms with van der Waals surface area (Å²) in [6, 6.07) is 9.86. The number of benzene rings is 1. The summed E-state index contributed by atoms with van der Waals surface area (Å²) < 4.78 is 13.3. The molecule has 0 unspecified atom stereocenters. The van der Waals surface area contributed by atoms with Crippen molar-refractivity contribution in [3.63, 3.8) is 0 Å². The van der Waals surface area contributed by atoms with Crippen LogP contribution in [0.1, 0.15) is 24.8 Å². The number of carbonyl (C=O) groups excluding carboxylic acids is 1. The van der Waals surface area contributed by atoms with Crippen LogP contribution < -0.4 is 10.6 Å². The number of pyridine rings is 1. The lowest BCUT2D eigenvalue weighted by Crippen LogP contribution is -2.28. The number of allylic oxidation sites excluding steroid dienone is 1. The van der Waals surface area contributed by atoms with E-state index in [1.807, 2.05) is 12.1 Å². The van der Waals surface area contributed by atoms with Gasteiger partial charge in [-0.1, -0.05) is 18.3 Å². The van der Waals surface area contributed by atoms with E-state index in [2.05, 4.69) is 15.6 Å². The lowest BCUT2D eigenvalue weighted by Gasteiger charge is -2.22. The number of carbonyl (C=O) groups is 1. The third kappa shape index (κ3) is 4.48. The molecule has 0 amide bonds. The third-order valence-corrected chi connectivity index (χ3v) is 4.28. The van der Waals surface area contributed by atoms with E-state index in [-0.39, 0.29) is 11.6 Å².